The van der Waals surface area contributed by atoms with E-state index in [-0.39, 0.29) is 0 Å². The summed E-state index contributed by atoms with van der Waals surface area (Å²) < 4.78 is 2.20. The Morgan fingerprint density at radius 1 is 1.33 bits per heavy atom. The molecule has 0 aliphatic heterocycles. The summed E-state index contributed by atoms with van der Waals surface area (Å²) in [5.41, 5.74) is 3.68. The molecule has 2 aromatic rings. The monoisotopic (exact) mass is 285 g/mol. The Bertz CT molecular complexity index is 608. The molecule has 0 bridgehead atoms. The van der Waals surface area contributed by atoms with Crippen molar-refractivity contribution in [2.45, 2.75) is 33.6 Å². The number of aryl methyl sites for hydroxylation is 1. The largest absolute Gasteiger partial charge is 0.331 e. The highest BCUT2D eigenvalue weighted by atomic mass is 15.1. The van der Waals surface area contributed by atoms with Gasteiger partial charge in [-0.1, -0.05) is 37.6 Å². The predicted octanol–water partition coefficient (Wildman–Crippen LogP) is 3.70. The highest BCUT2D eigenvalue weighted by Crippen LogP contribution is 2.16. The molecule has 3 nitrogen and oxygen atoms in total. The lowest BCUT2D eigenvalue weighted by Crippen LogP contribution is -2.20. The molecule has 0 unspecified atom stereocenters. The van der Waals surface area contributed by atoms with Crippen LogP contribution >= 0.6 is 0 Å². The van der Waals surface area contributed by atoms with Crippen LogP contribution in [-0.2, 0) is 13.5 Å². The molecule has 1 aromatic carbocycles. The van der Waals surface area contributed by atoms with E-state index in [1.807, 2.05) is 6.07 Å². The minimum atomic E-state index is 0.718. The number of aromatic nitrogens is 2. The zero-order valence-corrected chi connectivity index (χ0v) is 13.7. The molecule has 0 aliphatic carbocycles. The van der Waals surface area contributed by atoms with E-state index in [2.05, 4.69) is 62.0 Å². The maximum absolute atomic E-state index is 4.73. The van der Waals surface area contributed by atoms with Crippen molar-refractivity contribution in [3.8, 4) is 0 Å². The first-order chi connectivity index (χ1) is 10.1. The molecule has 3 heteroatoms. The summed E-state index contributed by atoms with van der Waals surface area (Å²) in [6, 6.07) is 8.31. The summed E-state index contributed by atoms with van der Waals surface area (Å²) in [6.45, 7) is 8.82. The van der Waals surface area contributed by atoms with Gasteiger partial charge in [0, 0.05) is 13.5 Å². The number of allylic oxidation sites excluding steroid dienone is 1. The second-order valence-corrected chi connectivity index (χ2v) is 6.19. The van der Waals surface area contributed by atoms with Gasteiger partial charge < -0.3 is 9.88 Å². The van der Waals surface area contributed by atoms with E-state index in [9.17, 15) is 0 Å². The van der Waals surface area contributed by atoms with Crippen LogP contribution in [0.15, 0.2) is 35.9 Å². The maximum Gasteiger partial charge on any atom is 0.113 e. The summed E-state index contributed by atoms with van der Waals surface area (Å²) in [7, 11) is 2.10. The highest BCUT2D eigenvalue weighted by Gasteiger charge is 2.07. The minimum Gasteiger partial charge on any atom is -0.331 e. The van der Waals surface area contributed by atoms with Gasteiger partial charge in [0.1, 0.15) is 5.82 Å². The first-order valence-corrected chi connectivity index (χ1v) is 7.84. The fourth-order valence-corrected chi connectivity index (χ4v) is 2.49. The SMILES string of the molecule is CC(=CCCNCC(C)C)Cc1nc2ccccc2n1C. The molecule has 114 valence electrons. The summed E-state index contributed by atoms with van der Waals surface area (Å²) in [4.78, 5) is 4.73. The average Bonchev–Trinajstić information content (AvgIpc) is 2.75. The molecular weight excluding hydrogens is 258 g/mol. The molecule has 0 saturated heterocycles. The van der Waals surface area contributed by atoms with E-state index in [1.54, 1.807) is 0 Å². The Labute approximate surface area is 128 Å². The third-order valence-electron chi connectivity index (χ3n) is 3.68. The van der Waals surface area contributed by atoms with Gasteiger partial charge in [0.15, 0.2) is 0 Å². The first-order valence-electron chi connectivity index (χ1n) is 7.84. The van der Waals surface area contributed by atoms with E-state index in [1.165, 1.54) is 11.1 Å². The van der Waals surface area contributed by atoms with Crippen molar-refractivity contribution in [2.24, 2.45) is 13.0 Å². The fraction of sp³-hybridized carbons (Fsp3) is 0.500. The van der Waals surface area contributed by atoms with Gasteiger partial charge in [0.2, 0.25) is 0 Å². The molecule has 0 atom stereocenters. The average molecular weight is 285 g/mol. The molecule has 1 aromatic heterocycles. The Balaban J connectivity index is 1.91. The normalized spacial score (nSPS) is 12.5. The van der Waals surface area contributed by atoms with Gasteiger partial charge in [-0.2, -0.15) is 0 Å². The van der Waals surface area contributed by atoms with Crippen molar-refractivity contribution >= 4 is 11.0 Å². The molecule has 1 N–H and O–H groups in total. The number of para-hydroxylation sites is 2. The van der Waals surface area contributed by atoms with Crippen molar-refractivity contribution in [3.05, 3.63) is 41.7 Å². The number of imidazole rings is 1. The van der Waals surface area contributed by atoms with Gasteiger partial charge in [-0.15, -0.1) is 0 Å². The molecule has 0 spiro atoms. The summed E-state index contributed by atoms with van der Waals surface area (Å²) in [5.74, 6) is 1.86. The number of benzene rings is 1. The number of fused-ring (bicyclic) bond motifs is 1. The van der Waals surface area contributed by atoms with E-state index in [0.29, 0.717) is 0 Å². The molecule has 0 aliphatic rings. The van der Waals surface area contributed by atoms with Gasteiger partial charge in [-0.25, -0.2) is 4.98 Å². The van der Waals surface area contributed by atoms with E-state index >= 15 is 0 Å². The lowest BCUT2D eigenvalue weighted by molar-refractivity contribution is 0.556. The van der Waals surface area contributed by atoms with Crippen LogP contribution in [0.5, 0.6) is 0 Å². The highest BCUT2D eigenvalue weighted by molar-refractivity contribution is 5.75. The lowest BCUT2D eigenvalue weighted by atomic mass is 10.1. The topological polar surface area (TPSA) is 29.9 Å². The standard InChI is InChI=1S/C18H27N3/c1-14(2)13-19-11-7-8-15(3)12-18-20-16-9-5-6-10-17(16)21(18)4/h5-6,8-10,14,19H,7,11-13H2,1-4H3. The van der Waals surface area contributed by atoms with Crippen molar-refractivity contribution in [1.29, 1.82) is 0 Å². The van der Waals surface area contributed by atoms with Crippen molar-refractivity contribution in [2.75, 3.05) is 13.1 Å². The fourth-order valence-electron chi connectivity index (χ4n) is 2.49. The van der Waals surface area contributed by atoms with Crippen LogP contribution in [-0.4, -0.2) is 22.6 Å². The quantitative estimate of drug-likeness (QED) is 0.621. The number of hydrogen-bond acceptors (Lipinski definition) is 2. The van der Waals surface area contributed by atoms with Crippen LogP contribution in [0.4, 0.5) is 0 Å². The molecule has 0 saturated carbocycles. The number of nitrogens with zero attached hydrogens (tertiary/aromatic N) is 2. The zero-order chi connectivity index (χ0) is 15.2. The Kier molecular flexibility index (Phi) is 5.57. The molecule has 1 heterocycles. The first kappa shape index (κ1) is 15.8. The van der Waals surface area contributed by atoms with Crippen molar-refractivity contribution < 1.29 is 0 Å². The zero-order valence-electron chi connectivity index (χ0n) is 13.7. The number of rotatable bonds is 7. The minimum absolute atomic E-state index is 0.718. The van der Waals surface area contributed by atoms with Crippen LogP contribution in [0, 0.1) is 5.92 Å². The number of nitrogens with one attached hydrogen (secondary N) is 1. The lowest BCUT2D eigenvalue weighted by Gasteiger charge is -2.06. The van der Waals surface area contributed by atoms with Gasteiger partial charge in [-0.05, 0) is 44.5 Å². The van der Waals surface area contributed by atoms with Crippen molar-refractivity contribution in [1.82, 2.24) is 14.9 Å². The molecule has 2 rings (SSSR count). The van der Waals surface area contributed by atoms with Crippen LogP contribution in [0.3, 0.4) is 0 Å². The third-order valence-corrected chi connectivity index (χ3v) is 3.68. The van der Waals surface area contributed by atoms with Crippen LogP contribution in [0.1, 0.15) is 33.0 Å². The van der Waals surface area contributed by atoms with Gasteiger partial charge >= 0.3 is 0 Å². The Morgan fingerprint density at radius 3 is 2.81 bits per heavy atom. The Hall–Kier alpha value is -1.61. The second kappa shape index (κ2) is 7.41. The molecule has 0 fully saturated rings. The summed E-state index contributed by atoms with van der Waals surface area (Å²) >= 11 is 0. The van der Waals surface area contributed by atoms with Crippen molar-refractivity contribution in [3.63, 3.8) is 0 Å². The molecule has 0 amide bonds. The second-order valence-electron chi connectivity index (χ2n) is 6.19. The van der Waals surface area contributed by atoms with Gasteiger partial charge in [-0.3, -0.25) is 0 Å². The van der Waals surface area contributed by atoms with E-state index in [0.717, 1.165) is 43.2 Å². The Morgan fingerprint density at radius 2 is 2.10 bits per heavy atom. The maximum atomic E-state index is 4.73. The van der Waals surface area contributed by atoms with Crippen LogP contribution < -0.4 is 5.32 Å². The van der Waals surface area contributed by atoms with E-state index < -0.39 is 0 Å². The van der Waals surface area contributed by atoms with Gasteiger partial charge in [0.05, 0.1) is 11.0 Å². The molecular formula is C18H27N3. The predicted molar refractivity (Wildman–Crippen MR) is 90.5 cm³/mol. The summed E-state index contributed by atoms with van der Waals surface area (Å²) in [6.07, 6.45) is 4.34. The number of hydrogen-bond donors (Lipinski definition) is 1. The molecule has 0 radical (unpaired) electrons. The van der Waals surface area contributed by atoms with E-state index in [4.69, 9.17) is 4.98 Å². The third kappa shape index (κ3) is 4.43. The molecule has 21 heavy (non-hydrogen) atoms. The van der Waals surface area contributed by atoms with Crippen LogP contribution in [0.2, 0.25) is 0 Å². The smallest absolute Gasteiger partial charge is 0.113 e. The summed E-state index contributed by atoms with van der Waals surface area (Å²) in [5, 5.41) is 3.47. The van der Waals surface area contributed by atoms with Gasteiger partial charge in [0.25, 0.3) is 0 Å². The van der Waals surface area contributed by atoms with Crippen LogP contribution in [0.25, 0.3) is 11.0 Å².